The number of pyridine rings is 1. The van der Waals surface area contributed by atoms with E-state index in [0.29, 0.717) is 21.3 Å². The SMILES string of the molecule is [B]c1ccc(-c2nc3c4ccccc4c4ccccc4c3o2)cc1.[B]c1ccc(-c2nc3cc(-c4ccc(F)cc4)ccc3s2)cc1.[B]c1ccc(-c2nc3ccccc3s2)c2ccccc12.[B]c1ccc(-c2nc3ccccc3s2)cc1.[B]c1ccc(-c2nc3ccccc3s2)cn1.[B]c1ccc(-c2nc3ccccc3s2)s1.[B]c1nc2cc(-c3ccc(F)cc3)ccc2s1.[B]c1nc2ccccc2s1. The quantitative estimate of drug-likeness (QED) is 0.107. The zero-order chi connectivity index (χ0) is 96.4. The number of rotatable bonds is 8. The molecule has 10 aromatic heterocycles. The fraction of sp³-hybridized carbons (Fsp3) is 0. The van der Waals surface area contributed by atoms with Gasteiger partial charge in [-0.15, -0.1) is 90.7 Å². The number of thiophene rings is 1. The predicted octanol–water partition coefficient (Wildman–Crippen LogP) is 24.8. The minimum atomic E-state index is -0.229. The zero-order valence-corrected chi connectivity index (χ0v) is 81.1. The Labute approximate surface area is 852 Å². The first-order chi connectivity index (χ1) is 68.9. The van der Waals surface area contributed by atoms with Gasteiger partial charge in [-0.3, -0.25) is 15.0 Å². The van der Waals surface area contributed by atoms with E-state index in [-0.39, 0.29) is 11.6 Å². The van der Waals surface area contributed by atoms with Crippen molar-refractivity contribution in [3.05, 3.63) is 406 Å². The zero-order valence-electron chi connectivity index (χ0n) is 74.6. The normalized spacial score (nSPS) is 11.0. The number of nitrogens with zero attached hydrogens (tertiary/aromatic N) is 9. The van der Waals surface area contributed by atoms with Gasteiger partial charge >= 0.3 is 0 Å². The van der Waals surface area contributed by atoms with Crippen molar-refractivity contribution in [2.45, 2.75) is 0 Å². The summed E-state index contributed by atoms with van der Waals surface area (Å²) in [6, 6.07) is 125. The molecule has 0 amide bonds. The van der Waals surface area contributed by atoms with Crippen LogP contribution in [0.4, 0.5) is 8.78 Å². The maximum Gasteiger partial charge on any atom is 0.227 e. The van der Waals surface area contributed by atoms with Gasteiger partial charge in [-0.2, -0.15) is 0 Å². The van der Waals surface area contributed by atoms with Crippen LogP contribution in [0.15, 0.2) is 399 Å². The summed E-state index contributed by atoms with van der Waals surface area (Å²) in [4.78, 5) is 42.7. The van der Waals surface area contributed by atoms with Gasteiger partial charge in [-0.1, -0.05) is 289 Å². The van der Waals surface area contributed by atoms with Gasteiger partial charge in [0.15, 0.2) is 21.3 Å². The Morgan fingerprint density at radius 1 is 0.234 bits per heavy atom. The third-order valence-corrected chi connectivity index (χ3v) is 30.6. The third kappa shape index (κ3) is 22.2. The summed E-state index contributed by atoms with van der Waals surface area (Å²) in [6.45, 7) is 0. The fourth-order valence-electron chi connectivity index (χ4n) is 15.5. The molecular weight excluding hydrogens is 1880 g/mol. The second-order valence-electron chi connectivity index (χ2n) is 32.0. The van der Waals surface area contributed by atoms with Gasteiger partial charge < -0.3 is 4.42 Å². The summed E-state index contributed by atoms with van der Waals surface area (Å²) in [5.41, 5.74) is 21.6. The molecule has 10 heterocycles. The highest BCUT2D eigenvalue weighted by Gasteiger charge is 2.19. The third-order valence-electron chi connectivity index (χ3n) is 22.4. The van der Waals surface area contributed by atoms with E-state index in [1.165, 1.54) is 76.5 Å². The molecule has 27 rings (SSSR count). The Kier molecular flexibility index (Phi) is 28.7. The predicted molar refractivity (Wildman–Crippen MR) is 606 cm³/mol. The minimum absolute atomic E-state index is 0.228. The highest BCUT2D eigenvalue weighted by molar-refractivity contribution is 7.28. The molecule has 0 saturated heterocycles. The van der Waals surface area contributed by atoms with Crippen molar-refractivity contribution in [3.63, 3.8) is 0 Å². The number of thiazole rings is 7. The van der Waals surface area contributed by atoms with Crippen LogP contribution in [0, 0.1) is 11.6 Å². The number of fused-ring (bicyclic) bond motifs is 14. The molecule has 0 aliphatic heterocycles. The first kappa shape index (κ1) is 94.1. The van der Waals surface area contributed by atoms with Crippen LogP contribution in [0.5, 0.6) is 0 Å². The summed E-state index contributed by atoms with van der Waals surface area (Å²) >= 11 is 13.0. The first-order valence-corrected chi connectivity index (χ1v) is 50.7. The molecule has 0 saturated carbocycles. The van der Waals surface area contributed by atoms with E-state index < -0.39 is 0 Å². The standard InChI is InChI=1S/C21H12BNO.C19H11BFNS.C17H10BNS.C13H7BFNS.C13H8BNS.C12H7BN2S.C11H6BNS2.C7H4BNS/c22-14-11-9-13(10-12-14)21-23-19-17-7-3-1-5-15(17)16-6-2-4-8-18(16)20(19)24-21;20-15-6-1-13(2-7-15)19-22-17-11-14(5-10-18(17)23-19)12-3-8-16(21)9-4-12;18-14-10-9-13(11-5-1-2-6-12(11)14)17-19-15-7-3-4-8-16(15)20-17;14-13-16-11-7-9(3-6-12(11)17-13)8-1-4-10(15)5-2-8;14-10-7-5-9(6-8-10)13-15-11-3-1-2-4-12(11)16-13;13-11-6-5-8(7-14-11)12-15-9-3-1-2-4-10(9)16-12;12-10-6-5-9(14-10)11-13-7-3-1-2-4-8(7)15-11;8-7-9-5-3-1-2-4-6(5)10-7/h1-12H;1-11H;1-10H;1-7H;1-8H;1-7H;1-6H;1-4H. The topological polar surface area (TPSA) is 129 Å². The lowest BCUT2D eigenvalue weighted by Gasteiger charge is -2.06. The van der Waals surface area contributed by atoms with Gasteiger partial charge in [0.2, 0.25) is 5.89 Å². The van der Waals surface area contributed by atoms with Crippen LogP contribution in [-0.2, 0) is 0 Å². The molecule has 0 spiro atoms. The lowest BCUT2D eigenvalue weighted by Crippen LogP contribution is -2.05. The van der Waals surface area contributed by atoms with Crippen molar-refractivity contribution < 1.29 is 13.2 Å². The second-order valence-corrected chi connectivity index (χ2v) is 40.4. The van der Waals surface area contributed by atoms with Gasteiger partial charge in [-0.05, 0) is 175 Å². The highest BCUT2D eigenvalue weighted by Crippen LogP contribution is 2.41. The maximum atomic E-state index is 13.1. The lowest BCUT2D eigenvalue weighted by atomic mass is 9.88. The van der Waals surface area contributed by atoms with Crippen molar-refractivity contribution >= 4 is 310 Å². The number of oxazole rings is 1. The van der Waals surface area contributed by atoms with Crippen molar-refractivity contribution in [1.29, 1.82) is 0 Å². The van der Waals surface area contributed by atoms with Crippen molar-refractivity contribution in [2.75, 3.05) is 0 Å². The molecule has 0 bridgehead atoms. The molecule has 28 heteroatoms. The molecule has 0 unspecified atom stereocenters. The Bertz CT molecular complexity index is 8710. The molecule has 10 nitrogen and oxygen atoms in total. The van der Waals surface area contributed by atoms with Gasteiger partial charge in [-0.25, -0.2) is 38.7 Å². The number of halogens is 2. The Balaban J connectivity index is 0.0000000998. The monoisotopic (exact) mass is 1950 g/mol. The van der Waals surface area contributed by atoms with Crippen LogP contribution in [0.2, 0.25) is 0 Å². The fourth-order valence-corrected chi connectivity index (χ4v) is 22.6. The van der Waals surface area contributed by atoms with Gasteiger partial charge in [0, 0.05) is 54.6 Å². The molecule has 0 N–H and O–H groups in total. The number of benzene rings is 17. The molecule has 0 fully saturated rings. The van der Waals surface area contributed by atoms with Crippen LogP contribution >= 0.6 is 90.7 Å². The largest absolute Gasteiger partial charge is 0.435 e. The van der Waals surface area contributed by atoms with E-state index in [9.17, 15) is 8.78 Å². The second kappa shape index (κ2) is 43.0. The first-order valence-electron chi connectivity index (χ1n) is 44.1. The summed E-state index contributed by atoms with van der Waals surface area (Å²) in [7, 11) is 45.6. The summed E-state index contributed by atoms with van der Waals surface area (Å²) in [5, 5.41) is 11.9. The van der Waals surface area contributed by atoms with Crippen LogP contribution in [0.3, 0.4) is 0 Å². The number of aromatic nitrogens is 9. The molecule has 141 heavy (non-hydrogen) atoms. The molecule has 16 radical (unpaired) electrons. The van der Waals surface area contributed by atoms with Gasteiger partial charge in [0.05, 0.1) is 76.4 Å². The average molecular weight is 1950 g/mol. The summed E-state index contributed by atoms with van der Waals surface area (Å²) in [6.07, 6.45) is 1.76. The van der Waals surface area contributed by atoms with E-state index >= 15 is 0 Å². The van der Waals surface area contributed by atoms with E-state index in [2.05, 4.69) is 121 Å². The van der Waals surface area contributed by atoms with Crippen LogP contribution in [0.1, 0.15) is 0 Å². The molecular formula is C113H65B8F2N9OS8. The van der Waals surface area contributed by atoms with Gasteiger partial charge in [0.25, 0.3) is 0 Å². The van der Waals surface area contributed by atoms with Crippen LogP contribution in [-0.4, -0.2) is 108 Å². The van der Waals surface area contributed by atoms with Crippen molar-refractivity contribution in [2.24, 2.45) is 0 Å². The molecule has 0 aliphatic carbocycles. The highest BCUT2D eigenvalue weighted by atomic mass is 32.1. The molecule has 17 aromatic carbocycles. The Morgan fingerprint density at radius 3 is 1.06 bits per heavy atom. The maximum absolute atomic E-state index is 13.1. The molecule has 0 atom stereocenters. The summed E-state index contributed by atoms with van der Waals surface area (Å²) in [5.74, 6) is 0.161. The van der Waals surface area contributed by atoms with Crippen molar-refractivity contribution in [1.82, 2.24) is 44.9 Å². The molecule has 654 valence electrons. The average Bonchev–Trinajstić information content (AvgIpc) is 1.61. The van der Waals surface area contributed by atoms with Crippen molar-refractivity contribution in [3.8, 4) is 85.9 Å². The minimum Gasteiger partial charge on any atom is -0.435 e. The number of para-hydroxylation sites is 5. The molecule has 27 aromatic rings. The van der Waals surface area contributed by atoms with Gasteiger partial charge in [0.1, 0.15) is 89.3 Å². The Hall–Kier alpha value is -14.6. The lowest BCUT2D eigenvalue weighted by molar-refractivity contribution is 0.623. The summed E-state index contributed by atoms with van der Waals surface area (Å²) < 4.78 is 41.1. The smallest absolute Gasteiger partial charge is 0.227 e. The van der Waals surface area contributed by atoms with E-state index in [4.69, 9.17) is 82.1 Å². The molecule has 0 aliphatic rings. The Morgan fingerprint density at radius 2 is 0.589 bits per heavy atom. The van der Waals surface area contributed by atoms with E-state index in [0.717, 1.165) is 192 Å². The number of hydrogen-bond donors (Lipinski definition) is 0. The van der Waals surface area contributed by atoms with Crippen LogP contribution in [0.25, 0.3) is 201 Å². The van der Waals surface area contributed by atoms with E-state index in [1.54, 1.807) is 105 Å². The van der Waals surface area contributed by atoms with Crippen LogP contribution < -0.4 is 42.0 Å². The van der Waals surface area contributed by atoms with E-state index in [1.807, 2.05) is 243 Å². The number of hydrogen-bond acceptors (Lipinski definition) is 18.